The molecule has 2 rings (SSSR count). The van der Waals surface area contributed by atoms with Crippen molar-refractivity contribution in [3.05, 3.63) is 48.0 Å². The van der Waals surface area contributed by atoms with E-state index in [1.807, 2.05) is 36.4 Å². The van der Waals surface area contributed by atoms with Gasteiger partial charge in [-0.3, -0.25) is 4.79 Å². The van der Waals surface area contributed by atoms with Crippen LogP contribution in [0.3, 0.4) is 0 Å². The van der Waals surface area contributed by atoms with E-state index in [0.717, 1.165) is 10.8 Å². The molecule has 2 aromatic rings. The highest BCUT2D eigenvalue weighted by molar-refractivity contribution is 5.91. The molecule has 0 bridgehead atoms. The maximum absolute atomic E-state index is 11.8. The lowest BCUT2D eigenvalue weighted by atomic mass is 9.93. The minimum Gasteiger partial charge on any atom is -0.481 e. The van der Waals surface area contributed by atoms with Crippen LogP contribution in [0, 0.1) is 0 Å². The first-order valence-corrected chi connectivity index (χ1v) is 7.45. The quantitative estimate of drug-likeness (QED) is 0.905. The fraction of sp³-hybridized carbons (Fsp3) is 0.333. The monoisotopic (exact) mass is 315 g/mol. The molecule has 1 atom stereocenters. The zero-order chi connectivity index (χ0) is 17.0. The van der Waals surface area contributed by atoms with Gasteiger partial charge in [0.05, 0.1) is 5.92 Å². The zero-order valence-electron chi connectivity index (χ0n) is 13.5. The first kappa shape index (κ1) is 16.8. The Morgan fingerprint density at radius 3 is 2.43 bits per heavy atom. The molecule has 0 saturated carbocycles. The topological polar surface area (TPSA) is 75.6 Å². The zero-order valence-corrected chi connectivity index (χ0v) is 13.5. The second kappa shape index (κ2) is 6.69. The van der Waals surface area contributed by atoms with Gasteiger partial charge in [0.25, 0.3) is 0 Å². The van der Waals surface area contributed by atoms with Crippen LogP contribution in [0.5, 0.6) is 0 Å². The van der Waals surface area contributed by atoms with Gasteiger partial charge in [0.1, 0.15) is 5.60 Å². The van der Waals surface area contributed by atoms with Gasteiger partial charge in [-0.1, -0.05) is 42.5 Å². The number of rotatable bonds is 4. The number of nitrogens with one attached hydrogen (secondary N) is 1. The molecule has 0 aliphatic rings. The largest absolute Gasteiger partial charge is 0.481 e. The third-order valence-electron chi connectivity index (χ3n) is 3.35. The second-order valence-corrected chi connectivity index (χ2v) is 6.34. The van der Waals surface area contributed by atoms with Crippen molar-refractivity contribution in [2.75, 3.05) is 6.54 Å². The van der Waals surface area contributed by atoms with Crippen LogP contribution < -0.4 is 5.32 Å². The molecule has 0 radical (unpaired) electrons. The number of carbonyl (C=O) groups is 2. The molecular weight excluding hydrogens is 294 g/mol. The van der Waals surface area contributed by atoms with Gasteiger partial charge in [-0.15, -0.1) is 0 Å². The molecular formula is C18H21NO4. The van der Waals surface area contributed by atoms with Crippen molar-refractivity contribution in [3.63, 3.8) is 0 Å². The molecule has 0 saturated heterocycles. The first-order valence-electron chi connectivity index (χ1n) is 7.45. The molecule has 5 nitrogen and oxygen atoms in total. The molecule has 2 N–H and O–H groups in total. The average molecular weight is 315 g/mol. The number of aliphatic carboxylic acids is 1. The lowest BCUT2D eigenvalue weighted by Gasteiger charge is -2.21. The summed E-state index contributed by atoms with van der Waals surface area (Å²) in [6.45, 7) is 5.24. The van der Waals surface area contributed by atoms with Crippen molar-refractivity contribution in [1.29, 1.82) is 0 Å². The predicted octanol–water partition coefficient (Wildman–Crippen LogP) is 3.53. The summed E-state index contributed by atoms with van der Waals surface area (Å²) in [4.78, 5) is 23.4. The van der Waals surface area contributed by atoms with E-state index in [0.29, 0.717) is 5.56 Å². The number of carbonyl (C=O) groups excluding carboxylic acids is 1. The van der Waals surface area contributed by atoms with Crippen LogP contribution in [0.1, 0.15) is 32.3 Å². The maximum Gasteiger partial charge on any atom is 0.407 e. The van der Waals surface area contributed by atoms with Crippen LogP contribution in [0.2, 0.25) is 0 Å². The summed E-state index contributed by atoms with van der Waals surface area (Å²) >= 11 is 0. The van der Waals surface area contributed by atoms with Gasteiger partial charge in [-0.2, -0.15) is 0 Å². The Kier molecular flexibility index (Phi) is 4.89. The summed E-state index contributed by atoms with van der Waals surface area (Å²) in [7, 11) is 0. The highest BCUT2D eigenvalue weighted by Gasteiger charge is 2.24. The summed E-state index contributed by atoms with van der Waals surface area (Å²) in [5, 5.41) is 13.9. The smallest absolute Gasteiger partial charge is 0.407 e. The van der Waals surface area contributed by atoms with Crippen LogP contribution in [-0.4, -0.2) is 29.3 Å². The van der Waals surface area contributed by atoms with E-state index < -0.39 is 23.6 Å². The Hall–Kier alpha value is -2.56. The van der Waals surface area contributed by atoms with Crippen molar-refractivity contribution >= 4 is 22.8 Å². The van der Waals surface area contributed by atoms with Crippen molar-refractivity contribution in [2.45, 2.75) is 32.3 Å². The number of carboxylic acids is 1. The van der Waals surface area contributed by atoms with Gasteiger partial charge in [0.15, 0.2) is 0 Å². The molecule has 0 spiro atoms. The van der Waals surface area contributed by atoms with Gasteiger partial charge < -0.3 is 15.2 Å². The predicted molar refractivity (Wildman–Crippen MR) is 88.6 cm³/mol. The molecule has 0 aromatic heterocycles. The van der Waals surface area contributed by atoms with Gasteiger partial charge >= 0.3 is 12.1 Å². The number of benzene rings is 2. The molecule has 1 amide bonds. The molecule has 23 heavy (non-hydrogen) atoms. The van der Waals surface area contributed by atoms with Gasteiger partial charge in [0.2, 0.25) is 0 Å². The SMILES string of the molecule is CC(C)(C)OC(=O)NC[C@@H](C(=O)O)c1cccc2ccccc12. The summed E-state index contributed by atoms with van der Waals surface area (Å²) < 4.78 is 5.15. The average Bonchev–Trinajstić information content (AvgIpc) is 2.45. The lowest BCUT2D eigenvalue weighted by molar-refractivity contribution is -0.138. The fourth-order valence-electron chi connectivity index (χ4n) is 2.38. The number of carboxylic acid groups (broad SMARTS) is 1. The van der Waals surface area contributed by atoms with Crippen molar-refractivity contribution in [3.8, 4) is 0 Å². The van der Waals surface area contributed by atoms with Crippen LogP contribution in [0.25, 0.3) is 10.8 Å². The standard InChI is InChI=1S/C18H21NO4/c1-18(2,3)23-17(22)19-11-15(16(20)21)14-10-6-8-12-7-4-5-9-13(12)14/h4-10,15H,11H2,1-3H3,(H,19,22)(H,20,21)/t15-/m1/s1. The van der Waals surface area contributed by atoms with E-state index in [2.05, 4.69) is 5.32 Å². The molecule has 0 aliphatic carbocycles. The van der Waals surface area contributed by atoms with E-state index in [1.165, 1.54) is 0 Å². The van der Waals surface area contributed by atoms with E-state index in [1.54, 1.807) is 26.8 Å². The van der Waals surface area contributed by atoms with Crippen LogP contribution >= 0.6 is 0 Å². The van der Waals surface area contributed by atoms with Crippen LogP contribution in [0.15, 0.2) is 42.5 Å². The Balaban J connectivity index is 2.22. The molecule has 5 heteroatoms. The summed E-state index contributed by atoms with van der Waals surface area (Å²) in [5.41, 5.74) is 0.0501. The number of hydrogen-bond acceptors (Lipinski definition) is 3. The highest BCUT2D eigenvalue weighted by Crippen LogP contribution is 2.25. The Bertz CT molecular complexity index is 713. The number of hydrogen-bond donors (Lipinski definition) is 2. The van der Waals surface area contributed by atoms with E-state index in [4.69, 9.17) is 4.74 Å². The molecule has 122 valence electrons. The minimum atomic E-state index is -0.989. The molecule has 0 heterocycles. The normalized spacial score (nSPS) is 12.7. The van der Waals surface area contributed by atoms with Gasteiger partial charge in [0, 0.05) is 6.54 Å². The second-order valence-electron chi connectivity index (χ2n) is 6.34. The number of fused-ring (bicyclic) bond motifs is 1. The molecule has 2 aromatic carbocycles. The lowest BCUT2D eigenvalue weighted by Crippen LogP contribution is -2.36. The number of amides is 1. The third-order valence-corrected chi connectivity index (χ3v) is 3.35. The van der Waals surface area contributed by atoms with Gasteiger partial charge in [-0.25, -0.2) is 4.79 Å². The maximum atomic E-state index is 11.8. The van der Waals surface area contributed by atoms with Crippen molar-refractivity contribution in [1.82, 2.24) is 5.32 Å². The number of ether oxygens (including phenoxy) is 1. The van der Waals surface area contributed by atoms with E-state index in [-0.39, 0.29) is 6.54 Å². The van der Waals surface area contributed by atoms with Crippen LogP contribution in [0.4, 0.5) is 4.79 Å². The summed E-state index contributed by atoms with van der Waals surface area (Å²) in [6, 6.07) is 13.1. The van der Waals surface area contributed by atoms with E-state index >= 15 is 0 Å². The molecule has 0 aliphatic heterocycles. The Labute approximate surface area is 135 Å². The summed E-state index contributed by atoms with van der Waals surface area (Å²) in [5.74, 6) is -1.83. The fourth-order valence-corrected chi connectivity index (χ4v) is 2.38. The van der Waals surface area contributed by atoms with Crippen molar-refractivity contribution in [2.24, 2.45) is 0 Å². The first-order chi connectivity index (χ1) is 10.8. The number of alkyl carbamates (subject to hydrolysis) is 1. The van der Waals surface area contributed by atoms with E-state index in [9.17, 15) is 14.7 Å². The minimum absolute atomic E-state index is 0.0295. The Morgan fingerprint density at radius 2 is 1.78 bits per heavy atom. The summed E-state index contributed by atoms with van der Waals surface area (Å²) in [6.07, 6.45) is -0.621. The molecule has 0 unspecified atom stereocenters. The highest BCUT2D eigenvalue weighted by atomic mass is 16.6. The van der Waals surface area contributed by atoms with Crippen molar-refractivity contribution < 1.29 is 19.4 Å². The van der Waals surface area contributed by atoms with Crippen LogP contribution in [-0.2, 0) is 9.53 Å². The third kappa shape index (κ3) is 4.45. The Morgan fingerprint density at radius 1 is 1.13 bits per heavy atom. The molecule has 0 fully saturated rings. The van der Waals surface area contributed by atoms with Gasteiger partial charge in [-0.05, 0) is 37.1 Å².